The molecule has 1 aliphatic rings. The minimum absolute atomic E-state index is 0.0194. The molecule has 1 aromatic heterocycles. The van der Waals surface area contributed by atoms with E-state index in [-0.39, 0.29) is 84.2 Å². The number of ketones is 1. The number of likely N-dealkylation sites (N-methyl/N-ethyl adjacent to an activating group) is 1. The molecule has 1 aliphatic heterocycles. The number of likely N-dealkylation sites (tertiary alicyclic amines) is 1. The minimum atomic E-state index is -1.01. The van der Waals surface area contributed by atoms with Crippen LogP contribution in [0.5, 0.6) is 0 Å². The number of rotatable bonds is 30. The number of carbonyl (C=O) groups excluding carboxylic acids is 6. The fourth-order valence-electron chi connectivity index (χ4n) is 8.13. The molecular formula is C48H73BrN6O11S. The third-order valence-corrected chi connectivity index (χ3v) is 13.8. The van der Waals surface area contributed by atoms with Gasteiger partial charge < -0.3 is 40.6 Å². The number of aliphatic carboxylic acids is 1. The van der Waals surface area contributed by atoms with Gasteiger partial charge in [0, 0.05) is 36.5 Å². The number of hydrogen-bond acceptors (Lipinski definition) is 13. The summed E-state index contributed by atoms with van der Waals surface area (Å²) in [5.74, 6) is -4.34. The molecule has 1 unspecified atom stereocenters. The van der Waals surface area contributed by atoms with Gasteiger partial charge in [0.05, 0.1) is 56.2 Å². The Kier molecular flexibility index (Phi) is 25.2. The monoisotopic (exact) mass is 1020 g/mol. The number of carbonyl (C=O) groups is 7. The van der Waals surface area contributed by atoms with E-state index in [1.54, 1.807) is 36.6 Å². The van der Waals surface area contributed by atoms with Gasteiger partial charge in [-0.05, 0) is 81.1 Å². The fourth-order valence-corrected chi connectivity index (χ4v) is 9.17. The molecule has 0 aliphatic carbocycles. The summed E-state index contributed by atoms with van der Waals surface area (Å²) in [6, 6.07) is 5.48. The first-order valence-electron chi connectivity index (χ1n) is 23.4. The van der Waals surface area contributed by atoms with Crippen LogP contribution in [-0.2, 0) is 49.4 Å². The lowest BCUT2D eigenvalue weighted by Crippen LogP contribution is -2.55. The highest BCUT2D eigenvalue weighted by molar-refractivity contribution is 9.09. The standard InChI is InChI=1S/C48H73BrN6O11S/c1-9-30(4)43(54-46(61)39-12-10-11-19-55(39)8)44(59)32(6)37(29(2)3)26-40(66-33(7)56)47-53-38(28-67-47)45(60)52-36(24-31(5)48(62)63)25-34-13-15-35(16-14-34)51-41(57)17-20-64-22-23-65-21-18-50-42(58)27-49/h13-16,28-32,36-37,39-40,43H,9-12,17-27H2,1-8H3,(H,50,58)(H,51,57)(H,52,60)(H,54,61)(H,62,63)/t30-,31-,32?,36+,37+,39+,40+,43-/m0/s1. The molecule has 17 nitrogen and oxygen atoms in total. The highest BCUT2D eigenvalue weighted by atomic mass is 79.9. The predicted molar refractivity (Wildman–Crippen MR) is 260 cm³/mol. The lowest BCUT2D eigenvalue weighted by molar-refractivity contribution is -0.148. The Morgan fingerprint density at radius 1 is 0.925 bits per heavy atom. The van der Waals surface area contributed by atoms with E-state index in [4.69, 9.17) is 14.2 Å². The van der Waals surface area contributed by atoms with Crippen molar-refractivity contribution in [1.82, 2.24) is 25.8 Å². The second-order valence-corrected chi connectivity index (χ2v) is 19.4. The Balaban J connectivity index is 1.66. The van der Waals surface area contributed by atoms with Crippen molar-refractivity contribution in [2.24, 2.45) is 29.6 Å². The zero-order valence-corrected chi connectivity index (χ0v) is 42.8. The van der Waals surface area contributed by atoms with Crippen LogP contribution in [0.2, 0.25) is 0 Å². The van der Waals surface area contributed by atoms with E-state index in [9.17, 15) is 38.7 Å². The first-order valence-corrected chi connectivity index (χ1v) is 25.4. The smallest absolute Gasteiger partial charge is 0.306 e. The topological polar surface area (TPSA) is 232 Å². The number of carboxylic acid groups (broad SMARTS) is 1. The van der Waals surface area contributed by atoms with Crippen LogP contribution in [0.4, 0.5) is 5.69 Å². The van der Waals surface area contributed by atoms with E-state index >= 15 is 0 Å². The first kappa shape index (κ1) is 57.0. The van der Waals surface area contributed by atoms with Crippen LogP contribution < -0.4 is 21.3 Å². The molecule has 19 heteroatoms. The number of halogens is 1. The van der Waals surface area contributed by atoms with Gasteiger partial charge in [0.2, 0.25) is 17.7 Å². The molecule has 374 valence electrons. The molecule has 2 heterocycles. The molecule has 1 fully saturated rings. The highest BCUT2D eigenvalue weighted by Crippen LogP contribution is 2.36. The van der Waals surface area contributed by atoms with Gasteiger partial charge in [-0.1, -0.05) is 82.4 Å². The Labute approximate surface area is 408 Å². The van der Waals surface area contributed by atoms with E-state index in [1.165, 1.54) is 6.92 Å². The van der Waals surface area contributed by atoms with Gasteiger partial charge in [-0.3, -0.25) is 38.5 Å². The molecule has 67 heavy (non-hydrogen) atoms. The molecule has 0 radical (unpaired) electrons. The molecule has 0 bridgehead atoms. The predicted octanol–water partition coefficient (Wildman–Crippen LogP) is 5.95. The number of hydrogen-bond donors (Lipinski definition) is 5. The number of ether oxygens (including phenoxy) is 3. The second-order valence-electron chi connectivity index (χ2n) is 17.9. The highest BCUT2D eigenvalue weighted by Gasteiger charge is 2.39. The second kappa shape index (κ2) is 29.6. The molecular weight excluding hydrogens is 949 g/mol. The molecule has 1 aromatic carbocycles. The van der Waals surface area contributed by atoms with Gasteiger partial charge in [0.25, 0.3) is 5.91 Å². The summed E-state index contributed by atoms with van der Waals surface area (Å²) in [6.07, 6.45) is 3.37. The Hall–Kier alpha value is -4.30. The van der Waals surface area contributed by atoms with Gasteiger partial charge in [-0.2, -0.15) is 0 Å². The molecule has 5 N–H and O–H groups in total. The Bertz CT molecular complexity index is 1920. The van der Waals surface area contributed by atoms with Crippen LogP contribution in [0.3, 0.4) is 0 Å². The van der Waals surface area contributed by atoms with Crippen LogP contribution in [0, 0.1) is 29.6 Å². The number of nitrogens with one attached hydrogen (secondary N) is 4. The van der Waals surface area contributed by atoms with E-state index in [1.807, 2.05) is 46.6 Å². The molecule has 4 amide bonds. The van der Waals surface area contributed by atoms with E-state index in [0.29, 0.717) is 49.9 Å². The number of alkyl halides is 1. The number of amides is 4. The molecule has 0 spiro atoms. The molecule has 0 saturated carbocycles. The van der Waals surface area contributed by atoms with Crippen LogP contribution in [0.25, 0.3) is 0 Å². The van der Waals surface area contributed by atoms with Gasteiger partial charge in [-0.15, -0.1) is 11.3 Å². The summed E-state index contributed by atoms with van der Waals surface area (Å²) in [7, 11) is 1.94. The Morgan fingerprint density at radius 3 is 2.22 bits per heavy atom. The van der Waals surface area contributed by atoms with Crippen molar-refractivity contribution in [3.05, 3.63) is 45.9 Å². The quantitative estimate of drug-likeness (QED) is 0.0346. The van der Waals surface area contributed by atoms with Crippen LogP contribution in [-0.4, -0.2) is 126 Å². The normalized spacial score (nSPS) is 17.3. The lowest BCUT2D eigenvalue weighted by Gasteiger charge is -2.36. The number of nitrogens with zero attached hydrogens (tertiary/aromatic N) is 2. The number of piperidine rings is 1. The van der Waals surface area contributed by atoms with Gasteiger partial charge in [0.1, 0.15) is 10.7 Å². The molecule has 1 saturated heterocycles. The number of thiazole rings is 1. The number of benzene rings is 1. The van der Waals surface area contributed by atoms with Crippen molar-refractivity contribution in [2.45, 2.75) is 124 Å². The summed E-state index contributed by atoms with van der Waals surface area (Å²) in [5.41, 5.74) is 1.43. The van der Waals surface area contributed by atoms with Crippen molar-refractivity contribution in [3.8, 4) is 0 Å². The zero-order valence-electron chi connectivity index (χ0n) is 40.4. The summed E-state index contributed by atoms with van der Waals surface area (Å²) in [6.45, 7) is 15.1. The summed E-state index contributed by atoms with van der Waals surface area (Å²) in [4.78, 5) is 96.5. The number of aromatic nitrogens is 1. The molecule has 3 rings (SSSR count). The largest absolute Gasteiger partial charge is 0.481 e. The van der Waals surface area contributed by atoms with Crippen LogP contribution in [0.1, 0.15) is 121 Å². The van der Waals surface area contributed by atoms with E-state index < -0.39 is 47.9 Å². The molecule has 2 aromatic rings. The van der Waals surface area contributed by atoms with Gasteiger partial charge >= 0.3 is 11.9 Å². The maximum Gasteiger partial charge on any atom is 0.306 e. The van der Waals surface area contributed by atoms with E-state index in [2.05, 4.69) is 42.2 Å². The summed E-state index contributed by atoms with van der Waals surface area (Å²) >= 11 is 4.23. The first-order chi connectivity index (χ1) is 31.8. The van der Waals surface area contributed by atoms with Crippen molar-refractivity contribution in [1.29, 1.82) is 0 Å². The minimum Gasteiger partial charge on any atom is -0.481 e. The zero-order chi connectivity index (χ0) is 49.6. The van der Waals surface area contributed by atoms with Crippen molar-refractivity contribution in [3.63, 3.8) is 0 Å². The van der Waals surface area contributed by atoms with Crippen LogP contribution >= 0.6 is 27.3 Å². The SMILES string of the molecule is CC[C@H](C)[C@H](NC(=O)[C@H]1CCCCN1C)C(=O)C(C)[C@H](C[C@@H](OC(C)=O)c1nc(C(=O)N[C@@H](Cc2ccc(NC(=O)CCOCCOCCNC(=O)CBr)cc2)C[C@H](C)C(=O)O)cs1)C(C)C. The van der Waals surface area contributed by atoms with Crippen molar-refractivity contribution in [2.75, 3.05) is 57.2 Å². The maximum absolute atomic E-state index is 14.4. The fraction of sp³-hybridized carbons (Fsp3) is 0.667. The lowest BCUT2D eigenvalue weighted by atomic mass is 9.75. The third-order valence-electron chi connectivity index (χ3n) is 12.3. The average Bonchev–Trinajstić information content (AvgIpc) is 3.79. The van der Waals surface area contributed by atoms with Crippen molar-refractivity contribution >= 4 is 74.3 Å². The van der Waals surface area contributed by atoms with Crippen molar-refractivity contribution < 1.29 is 52.9 Å². The summed E-state index contributed by atoms with van der Waals surface area (Å²) < 4.78 is 16.7. The van der Waals surface area contributed by atoms with Gasteiger partial charge in [-0.25, -0.2) is 4.98 Å². The number of carboxylic acids is 1. The third kappa shape index (κ3) is 19.7. The van der Waals surface area contributed by atoms with Crippen LogP contribution in [0.15, 0.2) is 29.6 Å². The average molecular weight is 1020 g/mol. The van der Waals surface area contributed by atoms with Gasteiger partial charge in [0.15, 0.2) is 11.9 Å². The Morgan fingerprint density at radius 2 is 1.61 bits per heavy atom. The summed E-state index contributed by atoms with van der Waals surface area (Å²) in [5, 5.41) is 23.5. The number of anilines is 1. The van der Waals surface area contributed by atoms with E-state index in [0.717, 1.165) is 42.7 Å². The number of Topliss-reactive ketones (excluding diaryl/α,β-unsaturated/α-hetero) is 1. The number of esters is 1. The molecule has 8 atom stereocenters. The maximum atomic E-state index is 14.4.